The predicted molar refractivity (Wildman–Crippen MR) is 118 cm³/mol. The molecule has 0 aliphatic rings. The first-order chi connectivity index (χ1) is 14.7. The number of hydrogen-bond donors (Lipinski definition) is 0. The second-order valence-corrected chi connectivity index (χ2v) is 7.86. The lowest BCUT2D eigenvalue weighted by atomic mass is 10.1. The maximum Gasteiger partial charge on any atom is 0.339 e. The molecule has 0 N–H and O–H groups in total. The van der Waals surface area contributed by atoms with Gasteiger partial charge in [-0.05, 0) is 50.1 Å². The number of esters is 1. The molecule has 0 spiro atoms. The summed E-state index contributed by atoms with van der Waals surface area (Å²) in [5.41, 5.74) is 3.60. The number of carbonyl (C=O) groups excluding carboxylic acids is 2. The third-order valence-corrected chi connectivity index (χ3v) is 5.74. The highest BCUT2D eigenvalue weighted by atomic mass is 32.1. The van der Waals surface area contributed by atoms with Crippen molar-refractivity contribution in [3.63, 3.8) is 0 Å². The minimum Gasteiger partial charge on any atom is -0.456 e. The third-order valence-electron chi connectivity index (χ3n) is 4.87. The minimum atomic E-state index is -0.673. The van der Waals surface area contributed by atoms with E-state index >= 15 is 0 Å². The molecule has 0 aliphatic carbocycles. The summed E-state index contributed by atoms with van der Waals surface area (Å²) in [6.07, 6.45) is 0. The van der Waals surface area contributed by atoms with Crippen molar-refractivity contribution >= 4 is 39.7 Å². The summed E-state index contributed by atoms with van der Waals surface area (Å²) in [5, 5.41) is 13.2. The summed E-state index contributed by atoms with van der Waals surface area (Å²) in [5.74, 6) is -0.860. The maximum absolute atomic E-state index is 12.4. The fourth-order valence-corrected chi connectivity index (χ4v) is 3.89. The lowest BCUT2D eigenvalue weighted by molar-refractivity contribution is -0.385. The van der Waals surface area contributed by atoms with Gasteiger partial charge in [-0.25, -0.2) is 9.78 Å². The van der Waals surface area contributed by atoms with E-state index in [1.807, 2.05) is 32.0 Å². The average molecular weight is 439 g/mol. The van der Waals surface area contributed by atoms with Crippen molar-refractivity contribution < 1.29 is 19.2 Å². The SMILES string of the molecule is CC(=O)N(c1ccc(C)c(C)c1)c1nc(COC(=O)c2cccc([N+](=O)[O-])c2C)cs1. The van der Waals surface area contributed by atoms with Crippen molar-refractivity contribution in [1.29, 1.82) is 0 Å². The van der Waals surface area contributed by atoms with Gasteiger partial charge in [0.1, 0.15) is 6.61 Å². The Morgan fingerprint density at radius 1 is 1.16 bits per heavy atom. The molecule has 0 atom stereocenters. The third kappa shape index (κ3) is 4.77. The Balaban J connectivity index is 1.77. The van der Waals surface area contributed by atoms with Crippen LogP contribution in [0.25, 0.3) is 0 Å². The van der Waals surface area contributed by atoms with E-state index in [4.69, 9.17) is 4.74 Å². The zero-order chi connectivity index (χ0) is 22.7. The lowest BCUT2D eigenvalue weighted by Crippen LogP contribution is -2.22. The number of thiazole rings is 1. The molecule has 0 saturated heterocycles. The number of hydrogen-bond acceptors (Lipinski definition) is 7. The van der Waals surface area contributed by atoms with E-state index in [1.165, 1.54) is 48.3 Å². The van der Waals surface area contributed by atoms with Gasteiger partial charge in [0.25, 0.3) is 5.69 Å². The van der Waals surface area contributed by atoms with Crippen molar-refractivity contribution in [1.82, 2.24) is 4.98 Å². The van der Waals surface area contributed by atoms with Crippen LogP contribution in [0.1, 0.15) is 39.7 Å². The molecule has 8 nitrogen and oxygen atoms in total. The van der Waals surface area contributed by atoms with Gasteiger partial charge in [0.2, 0.25) is 5.91 Å². The van der Waals surface area contributed by atoms with Crippen LogP contribution in [-0.2, 0) is 16.1 Å². The van der Waals surface area contributed by atoms with Gasteiger partial charge < -0.3 is 4.74 Å². The molecule has 0 unspecified atom stereocenters. The fourth-order valence-electron chi connectivity index (χ4n) is 3.02. The Morgan fingerprint density at radius 3 is 2.55 bits per heavy atom. The average Bonchev–Trinajstić information content (AvgIpc) is 3.17. The van der Waals surface area contributed by atoms with Gasteiger partial charge >= 0.3 is 5.97 Å². The van der Waals surface area contributed by atoms with Crippen LogP contribution in [0.4, 0.5) is 16.5 Å². The smallest absolute Gasteiger partial charge is 0.339 e. The summed E-state index contributed by atoms with van der Waals surface area (Å²) in [4.78, 5) is 41.2. The number of anilines is 2. The van der Waals surface area contributed by atoms with Crippen molar-refractivity contribution in [3.05, 3.63) is 79.8 Å². The van der Waals surface area contributed by atoms with Crippen LogP contribution in [0.5, 0.6) is 0 Å². The van der Waals surface area contributed by atoms with E-state index in [0.717, 1.165) is 11.1 Å². The summed E-state index contributed by atoms with van der Waals surface area (Å²) in [7, 11) is 0. The van der Waals surface area contributed by atoms with Crippen LogP contribution in [-0.4, -0.2) is 21.8 Å². The monoisotopic (exact) mass is 439 g/mol. The first-order valence-corrected chi connectivity index (χ1v) is 10.3. The number of carbonyl (C=O) groups is 2. The molecule has 0 radical (unpaired) electrons. The number of aryl methyl sites for hydroxylation is 2. The Hall–Kier alpha value is -3.59. The summed E-state index contributed by atoms with van der Waals surface area (Å²) in [6.45, 7) is 6.82. The number of amides is 1. The quantitative estimate of drug-likeness (QED) is 0.304. The van der Waals surface area contributed by atoms with Crippen LogP contribution in [0.15, 0.2) is 41.8 Å². The Kier molecular flexibility index (Phi) is 6.45. The molecular formula is C22H21N3O5S. The molecule has 0 fully saturated rings. The molecule has 1 heterocycles. The predicted octanol–water partition coefficient (Wildman–Crippen LogP) is 5.02. The lowest BCUT2D eigenvalue weighted by Gasteiger charge is -2.19. The summed E-state index contributed by atoms with van der Waals surface area (Å²) >= 11 is 1.26. The first-order valence-electron chi connectivity index (χ1n) is 9.42. The molecule has 1 aromatic heterocycles. The number of nitro benzene ring substituents is 1. The van der Waals surface area contributed by atoms with E-state index in [1.54, 1.807) is 5.38 Å². The van der Waals surface area contributed by atoms with Gasteiger partial charge in [-0.1, -0.05) is 12.1 Å². The zero-order valence-corrected chi connectivity index (χ0v) is 18.4. The maximum atomic E-state index is 12.4. The van der Waals surface area contributed by atoms with Crippen LogP contribution >= 0.6 is 11.3 Å². The van der Waals surface area contributed by atoms with Crippen LogP contribution in [0.2, 0.25) is 0 Å². The van der Waals surface area contributed by atoms with E-state index in [9.17, 15) is 19.7 Å². The standard InChI is InChI=1S/C22H21N3O5S/c1-13-8-9-18(10-14(13)2)24(16(4)26)22-23-17(12-31-22)11-30-21(27)19-6-5-7-20(15(19)3)25(28)29/h5-10,12H,11H2,1-4H3. The Bertz CT molecular complexity index is 1170. The topological polar surface area (TPSA) is 103 Å². The van der Waals surface area contributed by atoms with Gasteiger partial charge in [0.15, 0.2) is 5.13 Å². The number of ether oxygens (including phenoxy) is 1. The van der Waals surface area contributed by atoms with Crippen molar-refractivity contribution in [3.8, 4) is 0 Å². The summed E-state index contributed by atoms with van der Waals surface area (Å²) < 4.78 is 5.30. The molecule has 0 saturated carbocycles. The highest BCUT2D eigenvalue weighted by Crippen LogP contribution is 2.30. The molecule has 0 aliphatic heterocycles. The van der Waals surface area contributed by atoms with E-state index in [0.29, 0.717) is 16.5 Å². The van der Waals surface area contributed by atoms with E-state index < -0.39 is 10.9 Å². The van der Waals surface area contributed by atoms with Crippen molar-refractivity contribution in [2.75, 3.05) is 4.90 Å². The largest absolute Gasteiger partial charge is 0.456 e. The molecule has 0 bridgehead atoms. The second-order valence-electron chi connectivity index (χ2n) is 7.03. The number of nitrogens with zero attached hydrogens (tertiary/aromatic N) is 3. The number of rotatable bonds is 6. The highest BCUT2D eigenvalue weighted by molar-refractivity contribution is 7.14. The van der Waals surface area contributed by atoms with Crippen LogP contribution in [0.3, 0.4) is 0 Å². The van der Waals surface area contributed by atoms with E-state index in [-0.39, 0.29) is 29.3 Å². The molecule has 3 rings (SSSR count). The van der Waals surface area contributed by atoms with E-state index in [2.05, 4.69) is 4.98 Å². The van der Waals surface area contributed by atoms with Crippen molar-refractivity contribution in [2.24, 2.45) is 0 Å². The number of aromatic nitrogens is 1. The number of nitro groups is 1. The van der Waals surface area contributed by atoms with Crippen LogP contribution < -0.4 is 4.90 Å². The molecule has 31 heavy (non-hydrogen) atoms. The molecule has 2 aromatic carbocycles. The van der Waals surface area contributed by atoms with Gasteiger partial charge in [-0.3, -0.25) is 19.8 Å². The minimum absolute atomic E-state index is 0.115. The molecule has 1 amide bonds. The van der Waals surface area contributed by atoms with Crippen molar-refractivity contribution in [2.45, 2.75) is 34.3 Å². The fraction of sp³-hybridized carbons (Fsp3) is 0.227. The first kappa shape index (κ1) is 22.1. The van der Waals surface area contributed by atoms with Gasteiger partial charge in [-0.15, -0.1) is 11.3 Å². The number of benzene rings is 2. The van der Waals surface area contributed by atoms with Gasteiger partial charge in [-0.2, -0.15) is 0 Å². The molecule has 9 heteroatoms. The van der Waals surface area contributed by atoms with Crippen LogP contribution in [0, 0.1) is 30.9 Å². The van der Waals surface area contributed by atoms with Gasteiger partial charge in [0.05, 0.1) is 21.9 Å². The second kappa shape index (κ2) is 9.05. The zero-order valence-electron chi connectivity index (χ0n) is 17.5. The highest BCUT2D eigenvalue weighted by Gasteiger charge is 2.21. The Labute approximate surface area is 183 Å². The summed E-state index contributed by atoms with van der Waals surface area (Å²) in [6, 6.07) is 9.98. The normalized spacial score (nSPS) is 10.6. The molecule has 160 valence electrons. The molecule has 3 aromatic rings. The van der Waals surface area contributed by atoms with Gasteiger partial charge in [0, 0.05) is 23.9 Å². The Morgan fingerprint density at radius 2 is 1.90 bits per heavy atom. The molecular weight excluding hydrogens is 418 g/mol.